The number of nitrogens with zero attached hydrogens (tertiary/aromatic N) is 3. The summed E-state index contributed by atoms with van der Waals surface area (Å²) < 4.78 is 0. The van der Waals surface area contributed by atoms with Crippen molar-refractivity contribution in [3.63, 3.8) is 0 Å². The number of aromatic nitrogens is 2. The zero-order chi connectivity index (χ0) is 10.7. The van der Waals surface area contributed by atoms with Crippen LogP contribution in [0, 0.1) is 0 Å². The van der Waals surface area contributed by atoms with Crippen molar-refractivity contribution in [3.8, 4) is 0 Å². The number of nitrogens with one attached hydrogen (secondary N) is 1. The molecule has 0 aliphatic carbocycles. The molecule has 1 N–H and O–H groups in total. The van der Waals surface area contributed by atoms with Gasteiger partial charge in [-0.1, -0.05) is 0 Å². The monoisotopic (exact) mass is 206 g/mol. The van der Waals surface area contributed by atoms with E-state index in [1.807, 2.05) is 6.07 Å². The first-order valence-electron chi connectivity index (χ1n) is 5.39. The lowest BCUT2D eigenvalue weighted by atomic mass is 10.0. The van der Waals surface area contributed by atoms with E-state index in [0.29, 0.717) is 0 Å². The van der Waals surface area contributed by atoms with Gasteiger partial charge in [0.2, 0.25) is 0 Å². The van der Waals surface area contributed by atoms with E-state index < -0.39 is 0 Å². The van der Waals surface area contributed by atoms with E-state index in [0.717, 1.165) is 32.0 Å². The maximum Gasteiger partial charge on any atom is 0.142 e. The molecule has 1 aliphatic heterocycles. The van der Waals surface area contributed by atoms with Crippen LogP contribution < -0.4 is 5.32 Å². The molecule has 2 rings (SSSR count). The Kier molecular flexibility index (Phi) is 2.98. The van der Waals surface area contributed by atoms with Gasteiger partial charge >= 0.3 is 0 Å². The van der Waals surface area contributed by atoms with Crippen LogP contribution in [-0.4, -0.2) is 40.0 Å². The van der Waals surface area contributed by atoms with E-state index in [9.17, 15) is 0 Å². The first-order chi connectivity index (χ1) is 7.16. The van der Waals surface area contributed by atoms with Crippen LogP contribution >= 0.6 is 0 Å². The molecule has 1 aromatic rings. The van der Waals surface area contributed by atoms with Crippen LogP contribution in [0.1, 0.15) is 19.7 Å². The molecule has 15 heavy (non-hydrogen) atoms. The summed E-state index contributed by atoms with van der Waals surface area (Å²) in [4.78, 5) is 10.9. The highest BCUT2D eigenvalue weighted by Gasteiger charge is 2.25. The van der Waals surface area contributed by atoms with Crippen molar-refractivity contribution in [2.45, 2.75) is 25.9 Å². The minimum Gasteiger partial charge on any atom is -0.309 e. The van der Waals surface area contributed by atoms with Gasteiger partial charge in [-0.05, 0) is 19.9 Å². The third kappa shape index (κ3) is 2.97. The summed E-state index contributed by atoms with van der Waals surface area (Å²) in [5.41, 5.74) is 0.201. The Morgan fingerprint density at radius 1 is 1.40 bits per heavy atom. The highest BCUT2D eigenvalue weighted by molar-refractivity contribution is 4.92. The second-order valence-corrected chi connectivity index (χ2v) is 4.69. The molecule has 1 aliphatic rings. The minimum absolute atomic E-state index is 0.201. The molecule has 0 atom stereocenters. The Hall–Kier alpha value is -1.00. The zero-order valence-corrected chi connectivity index (χ0v) is 9.40. The molecule has 82 valence electrons. The predicted octanol–water partition coefficient (Wildman–Crippen LogP) is 0.660. The topological polar surface area (TPSA) is 41.1 Å². The van der Waals surface area contributed by atoms with Crippen molar-refractivity contribution in [2.24, 2.45) is 0 Å². The molecule has 1 aromatic heterocycles. The van der Waals surface area contributed by atoms with Gasteiger partial charge in [0.15, 0.2) is 0 Å². The van der Waals surface area contributed by atoms with Gasteiger partial charge in [-0.25, -0.2) is 9.97 Å². The molecule has 0 bridgehead atoms. The van der Waals surface area contributed by atoms with Gasteiger partial charge in [0.1, 0.15) is 5.82 Å². The van der Waals surface area contributed by atoms with Gasteiger partial charge in [0, 0.05) is 37.6 Å². The third-order valence-electron chi connectivity index (χ3n) is 2.63. The van der Waals surface area contributed by atoms with Crippen LogP contribution in [-0.2, 0) is 6.54 Å². The molecular formula is C11H18N4. The van der Waals surface area contributed by atoms with Crippen LogP contribution in [0.3, 0.4) is 0 Å². The fraction of sp³-hybridized carbons (Fsp3) is 0.636. The Balaban J connectivity index is 1.95. The Morgan fingerprint density at radius 2 is 2.13 bits per heavy atom. The van der Waals surface area contributed by atoms with Crippen molar-refractivity contribution in [1.82, 2.24) is 20.2 Å². The number of piperazine rings is 1. The lowest BCUT2D eigenvalue weighted by Crippen LogP contribution is -2.56. The van der Waals surface area contributed by atoms with E-state index >= 15 is 0 Å². The molecule has 4 nitrogen and oxygen atoms in total. The maximum absolute atomic E-state index is 4.25. The number of hydrogen-bond acceptors (Lipinski definition) is 4. The molecule has 2 heterocycles. The van der Waals surface area contributed by atoms with Crippen molar-refractivity contribution >= 4 is 0 Å². The average Bonchev–Trinajstić information content (AvgIpc) is 2.17. The molecule has 0 aromatic carbocycles. The Labute approximate surface area is 90.7 Å². The summed E-state index contributed by atoms with van der Waals surface area (Å²) in [6, 6.07) is 1.85. The summed E-state index contributed by atoms with van der Waals surface area (Å²) in [5, 5.41) is 3.49. The number of rotatable bonds is 2. The molecule has 0 radical (unpaired) electrons. The lowest BCUT2D eigenvalue weighted by Gasteiger charge is -2.38. The molecule has 1 saturated heterocycles. The van der Waals surface area contributed by atoms with Gasteiger partial charge < -0.3 is 5.32 Å². The highest BCUT2D eigenvalue weighted by Crippen LogP contribution is 2.11. The van der Waals surface area contributed by atoms with Crippen molar-refractivity contribution in [3.05, 3.63) is 24.3 Å². The van der Waals surface area contributed by atoms with E-state index in [1.54, 1.807) is 12.4 Å². The molecule has 0 saturated carbocycles. The minimum atomic E-state index is 0.201. The Bertz CT molecular complexity index is 310. The van der Waals surface area contributed by atoms with E-state index in [4.69, 9.17) is 0 Å². The van der Waals surface area contributed by atoms with Crippen LogP contribution in [0.4, 0.5) is 0 Å². The first kappa shape index (κ1) is 10.5. The second-order valence-electron chi connectivity index (χ2n) is 4.69. The van der Waals surface area contributed by atoms with Gasteiger partial charge in [-0.2, -0.15) is 0 Å². The first-order valence-corrected chi connectivity index (χ1v) is 5.39. The van der Waals surface area contributed by atoms with Gasteiger partial charge in [0.25, 0.3) is 0 Å². The SMILES string of the molecule is CC1(C)CN(Cc2ncccn2)CCN1. The van der Waals surface area contributed by atoms with E-state index in [-0.39, 0.29) is 5.54 Å². The largest absolute Gasteiger partial charge is 0.309 e. The average molecular weight is 206 g/mol. The Morgan fingerprint density at radius 3 is 2.80 bits per heavy atom. The molecular weight excluding hydrogens is 188 g/mol. The smallest absolute Gasteiger partial charge is 0.142 e. The normalized spacial score (nSPS) is 21.5. The standard InChI is InChI=1S/C11H18N4/c1-11(2)9-15(7-6-14-11)8-10-12-4-3-5-13-10/h3-5,14H,6-9H2,1-2H3. The quantitative estimate of drug-likeness (QED) is 0.772. The van der Waals surface area contributed by atoms with Crippen LogP contribution in [0.2, 0.25) is 0 Å². The van der Waals surface area contributed by atoms with Gasteiger partial charge in [0.05, 0.1) is 6.54 Å². The second kappa shape index (κ2) is 4.24. The number of hydrogen-bond donors (Lipinski definition) is 1. The van der Waals surface area contributed by atoms with Crippen molar-refractivity contribution in [2.75, 3.05) is 19.6 Å². The summed E-state index contributed by atoms with van der Waals surface area (Å²) in [5.74, 6) is 0.912. The van der Waals surface area contributed by atoms with Gasteiger partial charge in [-0.3, -0.25) is 4.90 Å². The summed E-state index contributed by atoms with van der Waals surface area (Å²) in [6.45, 7) is 8.47. The van der Waals surface area contributed by atoms with Crippen LogP contribution in [0.25, 0.3) is 0 Å². The van der Waals surface area contributed by atoms with Gasteiger partial charge in [-0.15, -0.1) is 0 Å². The van der Waals surface area contributed by atoms with Crippen molar-refractivity contribution < 1.29 is 0 Å². The zero-order valence-electron chi connectivity index (χ0n) is 9.40. The summed E-state index contributed by atoms with van der Waals surface area (Å²) >= 11 is 0. The van der Waals surface area contributed by atoms with Crippen molar-refractivity contribution in [1.29, 1.82) is 0 Å². The fourth-order valence-corrected chi connectivity index (χ4v) is 1.99. The predicted molar refractivity (Wildman–Crippen MR) is 59.4 cm³/mol. The molecule has 1 fully saturated rings. The molecule has 4 heteroatoms. The van der Waals surface area contributed by atoms with Crippen LogP contribution in [0.15, 0.2) is 18.5 Å². The summed E-state index contributed by atoms with van der Waals surface area (Å²) in [6.07, 6.45) is 3.60. The highest BCUT2D eigenvalue weighted by atomic mass is 15.2. The molecule has 0 unspecified atom stereocenters. The third-order valence-corrected chi connectivity index (χ3v) is 2.63. The molecule has 0 spiro atoms. The lowest BCUT2D eigenvalue weighted by molar-refractivity contribution is 0.145. The summed E-state index contributed by atoms with van der Waals surface area (Å²) in [7, 11) is 0. The maximum atomic E-state index is 4.25. The van der Waals surface area contributed by atoms with E-state index in [1.165, 1.54) is 0 Å². The van der Waals surface area contributed by atoms with Crippen LogP contribution in [0.5, 0.6) is 0 Å². The fourth-order valence-electron chi connectivity index (χ4n) is 1.99. The molecule has 0 amide bonds. The van der Waals surface area contributed by atoms with E-state index in [2.05, 4.69) is 34.0 Å².